The third-order valence-corrected chi connectivity index (χ3v) is 3.62. The van der Waals surface area contributed by atoms with E-state index in [9.17, 15) is 14.0 Å². The van der Waals surface area contributed by atoms with Crippen molar-refractivity contribution >= 4 is 23.3 Å². The predicted molar refractivity (Wildman–Crippen MR) is 80.0 cm³/mol. The number of carbonyl (C=O) groups excluding carboxylic acids is 2. The lowest BCUT2D eigenvalue weighted by atomic mass is 9.89. The minimum Gasteiger partial charge on any atom is -0.326 e. The van der Waals surface area contributed by atoms with Gasteiger partial charge in [0.1, 0.15) is 11.6 Å². The number of hydrogen-bond acceptors (Lipinski definition) is 3. The highest BCUT2D eigenvalue weighted by molar-refractivity contribution is 6.04. The molecule has 1 aromatic heterocycles. The molecule has 6 heteroatoms. The summed E-state index contributed by atoms with van der Waals surface area (Å²) in [5, 5.41) is 5.32. The zero-order chi connectivity index (χ0) is 15.7. The third kappa shape index (κ3) is 2.67. The van der Waals surface area contributed by atoms with E-state index in [4.69, 9.17) is 0 Å². The fraction of sp³-hybridized carbons (Fsp3) is 0.188. The van der Waals surface area contributed by atoms with Gasteiger partial charge in [0.25, 0.3) is 0 Å². The molecule has 0 spiro atoms. The number of benzene rings is 1. The Labute approximate surface area is 126 Å². The van der Waals surface area contributed by atoms with Gasteiger partial charge in [0.05, 0.1) is 5.92 Å². The van der Waals surface area contributed by atoms with Gasteiger partial charge < -0.3 is 10.6 Å². The lowest BCUT2D eigenvalue weighted by Gasteiger charge is -2.24. The van der Waals surface area contributed by atoms with E-state index in [0.717, 1.165) is 5.56 Å². The molecule has 0 aliphatic carbocycles. The van der Waals surface area contributed by atoms with Gasteiger partial charge in [-0.15, -0.1) is 0 Å². The second-order valence-electron chi connectivity index (χ2n) is 5.19. The van der Waals surface area contributed by atoms with E-state index in [1.54, 1.807) is 12.3 Å². The number of nitrogens with zero attached hydrogens (tertiary/aromatic N) is 1. The number of amides is 2. The third-order valence-electron chi connectivity index (χ3n) is 3.62. The Morgan fingerprint density at radius 1 is 1.41 bits per heavy atom. The topological polar surface area (TPSA) is 71.1 Å². The maximum Gasteiger partial charge on any atom is 0.233 e. The van der Waals surface area contributed by atoms with Gasteiger partial charge in [-0.2, -0.15) is 0 Å². The second-order valence-corrected chi connectivity index (χ2v) is 5.19. The summed E-state index contributed by atoms with van der Waals surface area (Å²) >= 11 is 0. The normalized spacial score (nSPS) is 16.6. The van der Waals surface area contributed by atoms with E-state index >= 15 is 0 Å². The molecule has 0 bridgehead atoms. The SMILES string of the molecule is Cc1cccnc1NC(=O)[C@@H]1CC(=O)Nc2cc(F)ccc21. The van der Waals surface area contributed by atoms with Gasteiger partial charge >= 0.3 is 0 Å². The van der Waals surface area contributed by atoms with Crippen LogP contribution in [-0.2, 0) is 9.59 Å². The number of nitrogens with one attached hydrogen (secondary N) is 2. The van der Waals surface area contributed by atoms with Crippen molar-refractivity contribution in [2.24, 2.45) is 0 Å². The second kappa shape index (κ2) is 5.55. The molecule has 0 saturated heterocycles. The fourth-order valence-corrected chi connectivity index (χ4v) is 2.49. The van der Waals surface area contributed by atoms with Crippen molar-refractivity contribution in [1.82, 2.24) is 4.98 Å². The molecule has 1 atom stereocenters. The smallest absolute Gasteiger partial charge is 0.233 e. The van der Waals surface area contributed by atoms with Crippen molar-refractivity contribution < 1.29 is 14.0 Å². The van der Waals surface area contributed by atoms with E-state index in [0.29, 0.717) is 17.1 Å². The van der Waals surface area contributed by atoms with Crippen LogP contribution in [0.4, 0.5) is 15.9 Å². The van der Waals surface area contributed by atoms with Crippen LogP contribution < -0.4 is 10.6 Å². The van der Waals surface area contributed by atoms with Crippen LogP contribution in [0.15, 0.2) is 36.5 Å². The lowest BCUT2D eigenvalue weighted by molar-refractivity contribution is -0.123. The summed E-state index contributed by atoms with van der Waals surface area (Å²) in [6.07, 6.45) is 1.61. The molecule has 0 saturated carbocycles. The van der Waals surface area contributed by atoms with Crippen LogP contribution in [0.1, 0.15) is 23.5 Å². The molecular formula is C16H14FN3O2. The van der Waals surface area contributed by atoms with Crippen LogP contribution in [0.2, 0.25) is 0 Å². The van der Waals surface area contributed by atoms with Gasteiger partial charge in [0.15, 0.2) is 0 Å². The van der Waals surface area contributed by atoms with Gasteiger partial charge in [0, 0.05) is 18.3 Å². The Balaban J connectivity index is 1.90. The molecular weight excluding hydrogens is 285 g/mol. The number of aromatic nitrogens is 1. The van der Waals surface area contributed by atoms with E-state index < -0.39 is 11.7 Å². The number of anilines is 2. The van der Waals surface area contributed by atoms with Gasteiger partial charge in [0.2, 0.25) is 11.8 Å². The van der Waals surface area contributed by atoms with Crippen LogP contribution in [0.25, 0.3) is 0 Å². The summed E-state index contributed by atoms with van der Waals surface area (Å²) in [6, 6.07) is 7.64. The molecule has 2 N–H and O–H groups in total. The molecule has 2 amide bonds. The summed E-state index contributed by atoms with van der Waals surface area (Å²) in [4.78, 5) is 28.3. The van der Waals surface area contributed by atoms with E-state index in [2.05, 4.69) is 15.6 Å². The average Bonchev–Trinajstić information content (AvgIpc) is 2.48. The van der Waals surface area contributed by atoms with E-state index in [1.165, 1.54) is 18.2 Å². The first-order valence-electron chi connectivity index (χ1n) is 6.86. The van der Waals surface area contributed by atoms with Gasteiger partial charge in [-0.1, -0.05) is 12.1 Å². The van der Waals surface area contributed by atoms with Crippen molar-refractivity contribution in [1.29, 1.82) is 0 Å². The van der Waals surface area contributed by atoms with Crippen molar-refractivity contribution in [2.75, 3.05) is 10.6 Å². The van der Waals surface area contributed by atoms with Crippen molar-refractivity contribution in [2.45, 2.75) is 19.3 Å². The fourth-order valence-electron chi connectivity index (χ4n) is 2.49. The molecule has 1 aliphatic heterocycles. The number of aryl methyl sites for hydroxylation is 1. The molecule has 0 unspecified atom stereocenters. The summed E-state index contributed by atoms with van der Waals surface area (Å²) in [5.74, 6) is -1.30. The Kier molecular flexibility index (Phi) is 3.58. The molecule has 1 aliphatic rings. The Bertz CT molecular complexity index is 761. The van der Waals surface area contributed by atoms with Crippen LogP contribution in [0, 0.1) is 12.7 Å². The minimum atomic E-state index is -0.661. The molecule has 3 rings (SSSR count). The zero-order valence-electron chi connectivity index (χ0n) is 11.9. The van der Waals surface area contributed by atoms with Gasteiger partial charge in [-0.25, -0.2) is 9.37 Å². The number of pyridine rings is 1. The summed E-state index contributed by atoms with van der Waals surface area (Å²) in [6.45, 7) is 1.83. The lowest BCUT2D eigenvalue weighted by Crippen LogP contribution is -2.31. The number of halogens is 1. The standard InChI is InChI=1S/C16H14FN3O2/c1-9-3-2-6-18-15(9)20-16(22)12-8-14(21)19-13-7-10(17)4-5-11(12)13/h2-7,12H,8H2,1H3,(H,19,21)(H,18,20,22)/t12-/m1/s1. The summed E-state index contributed by atoms with van der Waals surface area (Å²) < 4.78 is 13.3. The Morgan fingerprint density at radius 2 is 2.23 bits per heavy atom. The summed E-state index contributed by atoms with van der Waals surface area (Å²) in [7, 11) is 0. The van der Waals surface area contributed by atoms with Gasteiger partial charge in [-0.3, -0.25) is 9.59 Å². The molecule has 5 nitrogen and oxygen atoms in total. The molecule has 2 aromatic rings. The zero-order valence-corrected chi connectivity index (χ0v) is 11.9. The highest BCUT2D eigenvalue weighted by atomic mass is 19.1. The van der Waals surface area contributed by atoms with Crippen molar-refractivity contribution in [3.05, 3.63) is 53.5 Å². The Hall–Kier alpha value is -2.76. The number of rotatable bonds is 2. The maximum atomic E-state index is 13.3. The first kappa shape index (κ1) is 14.2. The number of carbonyl (C=O) groups is 2. The maximum absolute atomic E-state index is 13.3. The molecule has 22 heavy (non-hydrogen) atoms. The average molecular weight is 299 g/mol. The van der Waals surface area contributed by atoms with E-state index in [-0.39, 0.29) is 18.2 Å². The predicted octanol–water partition coefficient (Wildman–Crippen LogP) is 2.59. The molecule has 1 aromatic carbocycles. The van der Waals surface area contributed by atoms with Crippen LogP contribution >= 0.6 is 0 Å². The number of fused-ring (bicyclic) bond motifs is 1. The largest absolute Gasteiger partial charge is 0.326 e. The van der Waals surface area contributed by atoms with Crippen molar-refractivity contribution in [3.8, 4) is 0 Å². The quantitative estimate of drug-likeness (QED) is 0.895. The molecule has 0 fully saturated rings. The molecule has 0 radical (unpaired) electrons. The first-order chi connectivity index (χ1) is 10.5. The first-order valence-corrected chi connectivity index (χ1v) is 6.86. The highest BCUT2D eigenvalue weighted by Gasteiger charge is 2.31. The number of hydrogen-bond donors (Lipinski definition) is 2. The molecule has 112 valence electrons. The summed E-state index contributed by atoms with van der Waals surface area (Å²) in [5.41, 5.74) is 1.77. The van der Waals surface area contributed by atoms with Crippen LogP contribution in [-0.4, -0.2) is 16.8 Å². The highest BCUT2D eigenvalue weighted by Crippen LogP contribution is 2.33. The monoisotopic (exact) mass is 299 g/mol. The van der Waals surface area contributed by atoms with Crippen molar-refractivity contribution in [3.63, 3.8) is 0 Å². The Morgan fingerprint density at radius 3 is 3.00 bits per heavy atom. The van der Waals surface area contributed by atoms with Gasteiger partial charge in [-0.05, 0) is 36.2 Å². The van der Waals surface area contributed by atoms with Crippen LogP contribution in [0.5, 0.6) is 0 Å². The van der Waals surface area contributed by atoms with Crippen LogP contribution in [0.3, 0.4) is 0 Å². The molecule has 2 heterocycles. The minimum absolute atomic E-state index is 0.0242. The van der Waals surface area contributed by atoms with E-state index in [1.807, 2.05) is 13.0 Å².